The first-order chi connectivity index (χ1) is 11.5. The molecule has 1 amide bonds. The van der Waals surface area contributed by atoms with Gasteiger partial charge in [0.1, 0.15) is 5.75 Å². The molecule has 0 saturated carbocycles. The van der Waals surface area contributed by atoms with Crippen LogP contribution in [0.5, 0.6) is 5.75 Å². The lowest BCUT2D eigenvalue weighted by atomic mass is 10.2. The standard InChI is InChI=1S/C19H22ClNO2S/c1-13-4-8-17(9-5-13)23-10-11-24-15(3)19(22)21-18-12-16(20)7-6-14(18)2/h4-9,12,15H,10-11H2,1-3H3,(H,21,22)/t15-/m1/s1. The van der Waals surface area contributed by atoms with E-state index >= 15 is 0 Å². The highest BCUT2D eigenvalue weighted by atomic mass is 35.5. The predicted octanol–water partition coefficient (Wildman–Crippen LogP) is 5.10. The minimum absolute atomic E-state index is 0.0271. The van der Waals surface area contributed by atoms with Crippen LogP contribution in [0.25, 0.3) is 0 Å². The van der Waals surface area contributed by atoms with Crippen LogP contribution in [-0.2, 0) is 4.79 Å². The van der Waals surface area contributed by atoms with Gasteiger partial charge < -0.3 is 10.1 Å². The van der Waals surface area contributed by atoms with Crippen molar-refractivity contribution in [2.75, 3.05) is 17.7 Å². The van der Waals surface area contributed by atoms with Gasteiger partial charge in [0.05, 0.1) is 11.9 Å². The third kappa shape index (κ3) is 5.77. The van der Waals surface area contributed by atoms with E-state index < -0.39 is 0 Å². The van der Waals surface area contributed by atoms with Gasteiger partial charge in [0, 0.05) is 16.5 Å². The van der Waals surface area contributed by atoms with Crippen molar-refractivity contribution in [3.8, 4) is 5.75 Å². The van der Waals surface area contributed by atoms with Gasteiger partial charge >= 0.3 is 0 Å². The van der Waals surface area contributed by atoms with Crippen molar-refractivity contribution in [2.24, 2.45) is 0 Å². The maximum Gasteiger partial charge on any atom is 0.237 e. The van der Waals surface area contributed by atoms with Gasteiger partial charge in [0.2, 0.25) is 5.91 Å². The SMILES string of the molecule is Cc1ccc(OCCS[C@H](C)C(=O)Nc2cc(Cl)ccc2C)cc1. The summed E-state index contributed by atoms with van der Waals surface area (Å²) in [7, 11) is 0. The molecule has 0 unspecified atom stereocenters. The second-order valence-electron chi connectivity index (χ2n) is 5.62. The van der Waals surface area contributed by atoms with Crippen LogP contribution >= 0.6 is 23.4 Å². The van der Waals surface area contributed by atoms with Gasteiger partial charge in [-0.15, -0.1) is 11.8 Å². The van der Waals surface area contributed by atoms with Gasteiger partial charge in [-0.2, -0.15) is 0 Å². The number of rotatable bonds is 7. The summed E-state index contributed by atoms with van der Waals surface area (Å²) in [4.78, 5) is 12.3. The smallest absolute Gasteiger partial charge is 0.237 e. The van der Waals surface area contributed by atoms with E-state index in [0.29, 0.717) is 11.6 Å². The zero-order valence-corrected chi connectivity index (χ0v) is 15.7. The Balaban J connectivity index is 1.75. The first-order valence-corrected chi connectivity index (χ1v) is 9.26. The van der Waals surface area contributed by atoms with Crippen LogP contribution in [0.1, 0.15) is 18.1 Å². The van der Waals surface area contributed by atoms with Crippen LogP contribution in [0.15, 0.2) is 42.5 Å². The summed E-state index contributed by atoms with van der Waals surface area (Å²) in [6, 6.07) is 13.4. The van der Waals surface area contributed by atoms with E-state index in [0.717, 1.165) is 22.8 Å². The molecular formula is C19H22ClNO2S. The van der Waals surface area contributed by atoms with E-state index in [4.69, 9.17) is 16.3 Å². The molecule has 0 aromatic heterocycles. The molecule has 1 N–H and O–H groups in total. The van der Waals surface area contributed by atoms with Crippen LogP contribution in [-0.4, -0.2) is 23.5 Å². The van der Waals surface area contributed by atoms with Gasteiger partial charge in [0.15, 0.2) is 0 Å². The molecule has 1 atom stereocenters. The van der Waals surface area contributed by atoms with Crippen LogP contribution in [0, 0.1) is 13.8 Å². The molecule has 0 heterocycles. The monoisotopic (exact) mass is 363 g/mol. The number of hydrogen-bond donors (Lipinski definition) is 1. The Hall–Kier alpha value is -1.65. The molecular weight excluding hydrogens is 342 g/mol. The highest BCUT2D eigenvalue weighted by molar-refractivity contribution is 8.00. The maximum atomic E-state index is 12.3. The molecule has 24 heavy (non-hydrogen) atoms. The molecule has 0 spiro atoms. The van der Waals surface area contributed by atoms with Gasteiger partial charge in [-0.25, -0.2) is 0 Å². The minimum Gasteiger partial charge on any atom is -0.493 e. The number of thioether (sulfide) groups is 1. The quantitative estimate of drug-likeness (QED) is 0.696. The van der Waals surface area contributed by atoms with Gasteiger partial charge in [-0.1, -0.05) is 35.4 Å². The number of nitrogens with one attached hydrogen (secondary N) is 1. The second kappa shape index (κ2) is 9.00. The van der Waals surface area contributed by atoms with Crippen molar-refractivity contribution in [3.05, 3.63) is 58.6 Å². The Kier molecular flexibility index (Phi) is 7.00. The first-order valence-electron chi connectivity index (χ1n) is 7.84. The van der Waals surface area contributed by atoms with Gasteiger partial charge in [-0.3, -0.25) is 4.79 Å². The zero-order valence-electron chi connectivity index (χ0n) is 14.1. The summed E-state index contributed by atoms with van der Waals surface area (Å²) >= 11 is 7.54. The van der Waals surface area contributed by atoms with E-state index in [-0.39, 0.29) is 11.2 Å². The van der Waals surface area contributed by atoms with Crippen molar-refractivity contribution >= 4 is 35.0 Å². The molecule has 2 aromatic rings. The summed E-state index contributed by atoms with van der Waals surface area (Å²) in [5, 5.41) is 3.38. The number of halogens is 1. The largest absolute Gasteiger partial charge is 0.493 e. The Morgan fingerprint density at radius 1 is 1.21 bits per heavy atom. The lowest BCUT2D eigenvalue weighted by Crippen LogP contribution is -2.23. The molecule has 3 nitrogen and oxygen atoms in total. The summed E-state index contributed by atoms with van der Waals surface area (Å²) in [5.74, 6) is 1.57. The van der Waals surface area contributed by atoms with E-state index in [1.54, 1.807) is 17.8 Å². The van der Waals surface area contributed by atoms with Crippen LogP contribution < -0.4 is 10.1 Å². The average Bonchev–Trinajstić information content (AvgIpc) is 2.56. The van der Waals surface area contributed by atoms with Crippen LogP contribution in [0.2, 0.25) is 5.02 Å². The molecule has 2 aromatic carbocycles. The number of ether oxygens (including phenoxy) is 1. The fourth-order valence-electron chi connectivity index (χ4n) is 2.06. The van der Waals surface area contributed by atoms with Gasteiger partial charge in [0.25, 0.3) is 0 Å². The maximum absolute atomic E-state index is 12.3. The molecule has 0 aliphatic rings. The van der Waals surface area contributed by atoms with Gasteiger partial charge in [-0.05, 0) is 50.6 Å². The Morgan fingerprint density at radius 3 is 2.62 bits per heavy atom. The van der Waals surface area contributed by atoms with Crippen molar-refractivity contribution in [1.29, 1.82) is 0 Å². The average molecular weight is 364 g/mol. The minimum atomic E-state index is -0.162. The molecule has 0 saturated heterocycles. The number of aryl methyl sites for hydroxylation is 2. The summed E-state index contributed by atoms with van der Waals surface area (Å²) in [6.45, 7) is 6.45. The molecule has 0 radical (unpaired) electrons. The van der Waals surface area contributed by atoms with Crippen molar-refractivity contribution in [1.82, 2.24) is 0 Å². The first kappa shape index (κ1) is 18.7. The number of hydrogen-bond acceptors (Lipinski definition) is 3. The van der Waals surface area contributed by atoms with Crippen molar-refractivity contribution in [2.45, 2.75) is 26.0 Å². The summed E-state index contributed by atoms with van der Waals surface area (Å²) < 4.78 is 5.67. The number of carbonyl (C=O) groups excluding carboxylic acids is 1. The van der Waals surface area contributed by atoms with E-state index in [1.807, 2.05) is 57.2 Å². The topological polar surface area (TPSA) is 38.3 Å². The predicted molar refractivity (Wildman–Crippen MR) is 103 cm³/mol. The number of anilines is 1. The fraction of sp³-hybridized carbons (Fsp3) is 0.316. The van der Waals surface area contributed by atoms with E-state index in [9.17, 15) is 4.79 Å². The Morgan fingerprint density at radius 2 is 1.92 bits per heavy atom. The lowest BCUT2D eigenvalue weighted by molar-refractivity contribution is -0.115. The van der Waals surface area contributed by atoms with E-state index in [1.165, 1.54) is 5.56 Å². The highest BCUT2D eigenvalue weighted by Crippen LogP contribution is 2.22. The van der Waals surface area contributed by atoms with Crippen LogP contribution in [0.4, 0.5) is 5.69 Å². The summed E-state index contributed by atoms with van der Waals surface area (Å²) in [5.41, 5.74) is 2.96. The molecule has 5 heteroatoms. The van der Waals surface area contributed by atoms with Crippen LogP contribution in [0.3, 0.4) is 0 Å². The third-order valence-corrected chi connectivity index (χ3v) is 4.92. The molecule has 2 rings (SSSR count). The Bertz CT molecular complexity index is 688. The molecule has 128 valence electrons. The Labute approximate surface area is 152 Å². The molecule has 0 bridgehead atoms. The van der Waals surface area contributed by atoms with Crippen molar-refractivity contribution in [3.63, 3.8) is 0 Å². The number of amides is 1. The number of benzene rings is 2. The third-order valence-electron chi connectivity index (χ3n) is 3.57. The second-order valence-corrected chi connectivity index (χ2v) is 7.51. The zero-order chi connectivity index (χ0) is 17.5. The van der Waals surface area contributed by atoms with Crippen molar-refractivity contribution < 1.29 is 9.53 Å². The summed E-state index contributed by atoms with van der Waals surface area (Å²) in [6.07, 6.45) is 0. The molecule has 0 aliphatic heterocycles. The normalized spacial score (nSPS) is 11.8. The highest BCUT2D eigenvalue weighted by Gasteiger charge is 2.14. The number of carbonyl (C=O) groups is 1. The molecule has 0 aliphatic carbocycles. The van der Waals surface area contributed by atoms with E-state index in [2.05, 4.69) is 5.32 Å². The fourth-order valence-corrected chi connectivity index (χ4v) is 2.97. The lowest BCUT2D eigenvalue weighted by Gasteiger charge is -2.14. The molecule has 0 fully saturated rings.